The van der Waals surface area contributed by atoms with Gasteiger partial charge in [-0.3, -0.25) is 0 Å². The number of benzene rings is 1. The molecule has 0 saturated heterocycles. The largest absolute Gasteiger partial charge is 0.493 e. The molecule has 1 aromatic rings. The lowest BCUT2D eigenvalue weighted by molar-refractivity contribution is 0.255. The second-order valence-electron chi connectivity index (χ2n) is 4.67. The Morgan fingerprint density at radius 3 is 2.50 bits per heavy atom. The van der Waals surface area contributed by atoms with Gasteiger partial charge in [-0.05, 0) is 24.6 Å². The van der Waals surface area contributed by atoms with Gasteiger partial charge in [0.25, 0.3) is 0 Å². The van der Waals surface area contributed by atoms with Crippen molar-refractivity contribution < 1.29 is 4.74 Å². The van der Waals surface area contributed by atoms with Crippen LogP contribution in [0.5, 0.6) is 5.75 Å². The van der Waals surface area contributed by atoms with E-state index in [2.05, 4.69) is 44.3 Å². The summed E-state index contributed by atoms with van der Waals surface area (Å²) in [5, 5.41) is 3.16. The molecule has 0 aliphatic rings. The standard InChI is InChI=1S/C14H23NO/c1-11(2)13-7-5-6-8-14(13)16-10-12(3)9-15-4/h5-8,11-12,15H,9-10H2,1-4H3. The lowest BCUT2D eigenvalue weighted by Crippen LogP contribution is -2.22. The van der Waals surface area contributed by atoms with Gasteiger partial charge < -0.3 is 10.1 Å². The van der Waals surface area contributed by atoms with Crippen molar-refractivity contribution in [1.82, 2.24) is 5.32 Å². The maximum Gasteiger partial charge on any atom is 0.122 e. The van der Waals surface area contributed by atoms with Crippen LogP contribution in [0.3, 0.4) is 0 Å². The molecule has 0 fully saturated rings. The number of nitrogens with one attached hydrogen (secondary N) is 1. The summed E-state index contributed by atoms with van der Waals surface area (Å²) in [5.74, 6) is 2.07. The molecule has 1 aromatic carbocycles. The molecule has 16 heavy (non-hydrogen) atoms. The van der Waals surface area contributed by atoms with Crippen molar-refractivity contribution in [3.05, 3.63) is 29.8 Å². The van der Waals surface area contributed by atoms with Crippen LogP contribution in [0.1, 0.15) is 32.3 Å². The molecule has 1 rings (SSSR count). The van der Waals surface area contributed by atoms with Gasteiger partial charge in [-0.25, -0.2) is 0 Å². The molecule has 0 bridgehead atoms. The first-order valence-corrected chi connectivity index (χ1v) is 6.01. The van der Waals surface area contributed by atoms with Crippen LogP contribution in [0.2, 0.25) is 0 Å². The summed E-state index contributed by atoms with van der Waals surface area (Å²) in [6.45, 7) is 8.33. The Morgan fingerprint density at radius 1 is 1.19 bits per heavy atom. The number of hydrogen-bond donors (Lipinski definition) is 1. The van der Waals surface area contributed by atoms with Crippen LogP contribution in [0.4, 0.5) is 0 Å². The normalized spacial score (nSPS) is 12.8. The van der Waals surface area contributed by atoms with Crippen LogP contribution >= 0.6 is 0 Å². The number of ether oxygens (including phenoxy) is 1. The average Bonchev–Trinajstić information content (AvgIpc) is 2.27. The van der Waals surface area contributed by atoms with Gasteiger partial charge in [-0.15, -0.1) is 0 Å². The molecule has 0 aliphatic heterocycles. The van der Waals surface area contributed by atoms with Crippen molar-refractivity contribution >= 4 is 0 Å². The van der Waals surface area contributed by atoms with Gasteiger partial charge in [0.2, 0.25) is 0 Å². The van der Waals surface area contributed by atoms with E-state index in [1.54, 1.807) is 0 Å². The van der Waals surface area contributed by atoms with Crippen molar-refractivity contribution in [1.29, 1.82) is 0 Å². The molecule has 0 radical (unpaired) electrons. The second-order valence-corrected chi connectivity index (χ2v) is 4.67. The highest BCUT2D eigenvalue weighted by molar-refractivity contribution is 5.35. The molecule has 1 atom stereocenters. The quantitative estimate of drug-likeness (QED) is 0.797. The van der Waals surface area contributed by atoms with E-state index in [-0.39, 0.29) is 0 Å². The van der Waals surface area contributed by atoms with Crippen molar-refractivity contribution in [2.45, 2.75) is 26.7 Å². The molecule has 2 heteroatoms. The predicted molar refractivity (Wildman–Crippen MR) is 69.1 cm³/mol. The summed E-state index contributed by atoms with van der Waals surface area (Å²) in [6, 6.07) is 8.30. The van der Waals surface area contributed by atoms with Crippen molar-refractivity contribution in [2.24, 2.45) is 5.92 Å². The van der Waals surface area contributed by atoms with Crippen molar-refractivity contribution in [2.75, 3.05) is 20.2 Å². The minimum atomic E-state index is 0.510. The van der Waals surface area contributed by atoms with Crippen LogP contribution in [-0.4, -0.2) is 20.2 Å². The molecule has 0 amide bonds. The number of rotatable bonds is 6. The summed E-state index contributed by atoms with van der Waals surface area (Å²) in [6.07, 6.45) is 0. The average molecular weight is 221 g/mol. The van der Waals surface area contributed by atoms with E-state index >= 15 is 0 Å². The van der Waals surface area contributed by atoms with Crippen LogP contribution in [0, 0.1) is 5.92 Å². The van der Waals surface area contributed by atoms with E-state index in [0.717, 1.165) is 18.9 Å². The molecule has 2 nitrogen and oxygen atoms in total. The Morgan fingerprint density at radius 2 is 1.88 bits per heavy atom. The van der Waals surface area contributed by atoms with Gasteiger partial charge in [0.1, 0.15) is 5.75 Å². The molecule has 1 N–H and O–H groups in total. The van der Waals surface area contributed by atoms with E-state index in [0.29, 0.717) is 11.8 Å². The highest BCUT2D eigenvalue weighted by Gasteiger charge is 2.08. The predicted octanol–water partition coefficient (Wildman–Crippen LogP) is 3.04. The Balaban J connectivity index is 2.59. The number of para-hydroxylation sites is 1. The molecule has 0 aliphatic carbocycles. The van der Waals surface area contributed by atoms with Gasteiger partial charge in [0.15, 0.2) is 0 Å². The lowest BCUT2D eigenvalue weighted by Gasteiger charge is -2.16. The Bertz CT molecular complexity index is 309. The maximum absolute atomic E-state index is 5.87. The fraction of sp³-hybridized carbons (Fsp3) is 0.571. The third-order valence-corrected chi connectivity index (χ3v) is 2.62. The van der Waals surface area contributed by atoms with Crippen LogP contribution < -0.4 is 10.1 Å². The van der Waals surface area contributed by atoms with E-state index in [1.165, 1.54) is 5.56 Å². The van der Waals surface area contributed by atoms with Gasteiger partial charge in [-0.1, -0.05) is 39.0 Å². The maximum atomic E-state index is 5.87. The summed E-state index contributed by atoms with van der Waals surface area (Å²) in [7, 11) is 1.97. The summed E-state index contributed by atoms with van der Waals surface area (Å²) in [5.41, 5.74) is 1.29. The van der Waals surface area contributed by atoms with Crippen molar-refractivity contribution in [3.8, 4) is 5.75 Å². The third-order valence-electron chi connectivity index (χ3n) is 2.62. The molecule has 90 valence electrons. The first-order valence-electron chi connectivity index (χ1n) is 6.01. The molecular formula is C14H23NO. The highest BCUT2D eigenvalue weighted by Crippen LogP contribution is 2.26. The van der Waals surface area contributed by atoms with Gasteiger partial charge in [0, 0.05) is 12.5 Å². The topological polar surface area (TPSA) is 21.3 Å². The Labute approximate surface area is 99.0 Å². The summed E-state index contributed by atoms with van der Waals surface area (Å²) >= 11 is 0. The van der Waals surface area contributed by atoms with Crippen molar-refractivity contribution in [3.63, 3.8) is 0 Å². The van der Waals surface area contributed by atoms with E-state index in [9.17, 15) is 0 Å². The van der Waals surface area contributed by atoms with E-state index in [1.807, 2.05) is 13.1 Å². The molecule has 0 aromatic heterocycles. The van der Waals surface area contributed by atoms with Gasteiger partial charge in [-0.2, -0.15) is 0 Å². The zero-order valence-electron chi connectivity index (χ0n) is 10.8. The monoisotopic (exact) mass is 221 g/mol. The zero-order valence-corrected chi connectivity index (χ0v) is 10.8. The Hall–Kier alpha value is -1.02. The second kappa shape index (κ2) is 6.54. The summed E-state index contributed by atoms with van der Waals surface area (Å²) < 4.78 is 5.87. The molecule has 0 saturated carbocycles. The zero-order chi connectivity index (χ0) is 12.0. The number of hydrogen-bond acceptors (Lipinski definition) is 2. The molecule has 0 heterocycles. The first-order chi connectivity index (χ1) is 7.65. The lowest BCUT2D eigenvalue weighted by atomic mass is 10.0. The highest BCUT2D eigenvalue weighted by atomic mass is 16.5. The first kappa shape index (κ1) is 13.0. The minimum Gasteiger partial charge on any atom is -0.493 e. The fourth-order valence-electron chi connectivity index (χ4n) is 1.73. The third kappa shape index (κ3) is 3.86. The van der Waals surface area contributed by atoms with Gasteiger partial charge in [0.05, 0.1) is 6.61 Å². The van der Waals surface area contributed by atoms with Crippen LogP contribution in [0.15, 0.2) is 24.3 Å². The molecule has 1 unspecified atom stereocenters. The van der Waals surface area contributed by atoms with Crippen LogP contribution in [0.25, 0.3) is 0 Å². The van der Waals surface area contributed by atoms with Crippen LogP contribution in [-0.2, 0) is 0 Å². The SMILES string of the molecule is CNCC(C)COc1ccccc1C(C)C. The van der Waals surface area contributed by atoms with E-state index < -0.39 is 0 Å². The summed E-state index contributed by atoms with van der Waals surface area (Å²) in [4.78, 5) is 0. The van der Waals surface area contributed by atoms with E-state index in [4.69, 9.17) is 4.74 Å². The van der Waals surface area contributed by atoms with Gasteiger partial charge >= 0.3 is 0 Å². The minimum absolute atomic E-state index is 0.510. The Kier molecular flexibility index (Phi) is 5.33. The molecular weight excluding hydrogens is 198 g/mol. The smallest absolute Gasteiger partial charge is 0.122 e. The fourth-order valence-corrected chi connectivity index (χ4v) is 1.73. The molecule has 0 spiro atoms.